The first-order valence-corrected chi connectivity index (χ1v) is 4.72. The first kappa shape index (κ1) is 7.87. The Kier molecular flexibility index (Phi) is 2.17. The molecule has 0 amide bonds. The lowest BCUT2D eigenvalue weighted by Gasteiger charge is -2.19. The molecular weight excluding hydrogens is 148 g/mol. The van der Waals surface area contributed by atoms with E-state index in [1.54, 1.807) is 0 Å². The number of aromatic nitrogens is 1. The SMILES string of the molecule is CC1CCCN1Cc1cc[nH]c1. The van der Waals surface area contributed by atoms with E-state index in [9.17, 15) is 0 Å². The number of aromatic amines is 1. The highest BCUT2D eigenvalue weighted by atomic mass is 15.2. The van der Waals surface area contributed by atoms with E-state index in [-0.39, 0.29) is 0 Å². The Morgan fingerprint density at radius 3 is 3.17 bits per heavy atom. The average Bonchev–Trinajstić information content (AvgIpc) is 2.65. The van der Waals surface area contributed by atoms with Crippen LogP contribution in [0.4, 0.5) is 0 Å². The van der Waals surface area contributed by atoms with Gasteiger partial charge in [-0.05, 0) is 37.9 Å². The molecule has 1 aromatic rings. The summed E-state index contributed by atoms with van der Waals surface area (Å²) in [4.78, 5) is 5.64. The molecule has 1 fully saturated rings. The van der Waals surface area contributed by atoms with Gasteiger partial charge in [0.05, 0.1) is 0 Å². The summed E-state index contributed by atoms with van der Waals surface area (Å²) in [6.07, 6.45) is 6.82. The molecule has 1 unspecified atom stereocenters. The molecule has 1 saturated heterocycles. The summed E-state index contributed by atoms with van der Waals surface area (Å²) in [7, 11) is 0. The minimum atomic E-state index is 0.778. The Balaban J connectivity index is 1.95. The van der Waals surface area contributed by atoms with Crippen LogP contribution >= 0.6 is 0 Å². The second kappa shape index (κ2) is 3.31. The molecule has 12 heavy (non-hydrogen) atoms. The summed E-state index contributed by atoms with van der Waals surface area (Å²) >= 11 is 0. The Labute approximate surface area is 73.6 Å². The van der Waals surface area contributed by atoms with E-state index >= 15 is 0 Å². The molecule has 0 radical (unpaired) electrons. The van der Waals surface area contributed by atoms with E-state index in [0.29, 0.717) is 0 Å². The first-order chi connectivity index (χ1) is 5.86. The van der Waals surface area contributed by atoms with Gasteiger partial charge in [0, 0.05) is 25.0 Å². The zero-order chi connectivity index (χ0) is 8.39. The topological polar surface area (TPSA) is 19.0 Å². The van der Waals surface area contributed by atoms with Crippen LogP contribution in [0.15, 0.2) is 18.5 Å². The van der Waals surface area contributed by atoms with E-state index in [2.05, 4.69) is 29.1 Å². The minimum Gasteiger partial charge on any atom is -0.367 e. The van der Waals surface area contributed by atoms with Crippen molar-refractivity contribution in [1.82, 2.24) is 9.88 Å². The smallest absolute Gasteiger partial charge is 0.0251 e. The van der Waals surface area contributed by atoms with Crippen LogP contribution in [-0.4, -0.2) is 22.5 Å². The van der Waals surface area contributed by atoms with Crippen molar-refractivity contribution in [3.63, 3.8) is 0 Å². The number of nitrogens with zero attached hydrogens (tertiary/aromatic N) is 1. The van der Waals surface area contributed by atoms with E-state index in [4.69, 9.17) is 0 Å². The maximum Gasteiger partial charge on any atom is 0.0251 e. The van der Waals surface area contributed by atoms with Crippen molar-refractivity contribution in [2.24, 2.45) is 0 Å². The van der Waals surface area contributed by atoms with Gasteiger partial charge in [-0.2, -0.15) is 0 Å². The quantitative estimate of drug-likeness (QED) is 0.708. The Hall–Kier alpha value is -0.760. The molecule has 1 aliphatic heterocycles. The van der Waals surface area contributed by atoms with Crippen molar-refractivity contribution in [3.05, 3.63) is 24.0 Å². The molecule has 0 bridgehead atoms. The monoisotopic (exact) mass is 164 g/mol. The summed E-state index contributed by atoms with van der Waals surface area (Å²) in [6, 6.07) is 2.94. The highest BCUT2D eigenvalue weighted by Gasteiger charge is 2.19. The maximum absolute atomic E-state index is 3.09. The first-order valence-electron chi connectivity index (χ1n) is 4.72. The van der Waals surface area contributed by atoms with Crippen molar-refractivity contribution >= 4 is 0 Å². The van der Waals surface area contributed by atoms with Crippen molar-refractivity contribution in [1.29, 1.82) is 0 Å². The van der Waals surface area contributed by atoms with E-state index < -0.39 is 0 Å². The molecule has 0 spiro atoms. The number of likely N-dealkylation sites (tertiary alicyclic amines) is 1. The van der Waals surface area contributed by atoms with Gasteiger partial charge in [-0.3, -0.25) is 4.90 Å². The summed E-state index contributed by atoms with van der Waals surface area (Å²) in [5.74, 6) is 0. The Morgan fingerprint density at radius 1 is 1.67 bits per heavy atom. The fourth-order valence-corrected chi connectivity index (χ4v) is 1.92. The molecule has 2 heterocycles. The molecule has 2 nitrogen and oxygen atoms in total. The van der Waals surface area contributed by atoms with Crippen molar-refractivity contribution in [2.45, 2.75) is 32.4 Å². The van der Waals surface area contributed by atoms with Gasteiger partial charge < -0.3 is 4.98 Å². The minimum absolute atomic E-state index is 0.778. The third kappa shape index (κ3) is 1.53. The number of hydrogen-bond donors (Lipinski definition) is 1. The van der Waals surface area contributed by atoms with Gasteiger partial charge in [0.1, 0.15) is 0 Å². The van der Waals surface area contributed by atoms with Gasteiger partial charge in [-0.1, -0.05) is 0 Å². The molecule has 1 N–H and O–H groups in total. The van der Waals surface area contributed by atoms with E-state index in [0.717, 1.165) is 12.6 Å². The van der Waals surface area contributed by atoms with Crippen LogP contribution in [0.2, 0.25) is 0 Å². The highest BCUT2D eigenvalue weighted by Crippen LogP contribution is 2.18. The number of hydrogen-bond acceptors (Lipinski definition) is 1. The van der Waals surface area contributed by atoms with Gasteiger partial charge >= 0.3 is 0 Å². The summed E-state index contributed by atoms with van der Waals surface area (Å²) in [6.45, 7) is 4.71. The van der Waals surface area contributed by atoms with Gasteiger partial charge in [0.15, 0.2) is 0 Å². The van der Waals surface area contributed by atoms with Crippen molar-refractivity contribution in [2.75, 3.05) is 6.54 Å². The molecule has 2 rings (SSSR count). The second-order valence-electron chi connectivity index (χ2n) is 3.68. The molecule has 1 aromatic heterocycles. The third-order valence-corrected chi connectivity index (χ3v) is 2.74. The van der Waals surface area contributed by atoms with Crippen LogP contribution in [0.1, 0.15) is 25.3 Å². The van der Waals surface area contributed by atoms with Crippen LogP contribution in [0.5, 0.6) is 0 Å². The molecule has 0 saturated carbocycles. The average molecular weight is 164 g/mol. The van der Waals surface area contributed by atoms with Crippen LogP contribution in [-0.2, 0) is 6.54 Å². The van der Waals surface area contributed by atoms with Crippen LogP contribution in [0.3, 0.4) is 0 Å². The van der Waals surface area contributed by atoms with Gasteiger partial charge in [-0.25, -0.2) is 0 Å². The number of nitrogens with one attached hydrogen (secondary N) is 1. The number of H-pyrrole nitrogens is 1. The van der Waals surface area contributed by atoms with E-state index in [1.165, 1.54) is 24.9 Å². The van der Waals surface area contributed by atoms with E-state index in [1.807, 2.05) is 6.20 Å². The molecule has 1 atom stereocenters. The van der Waals surface area contributed by atoms with Crippen LogP contribution < -0.4 is 0 Å². The summed E-state index contributed by atoms with van der Waals surface area (Å²) < 4.78 is 0. The molecule has 0 aromatic carbocycles. The molecular formula is C10H16N2. The Morgan fingerprint density at radius 2 is 2.58 bits per heavy atom. The van der Waals surface area contributed by atoms with Gasteiger partial charge in [0.2, 0.25) is 0 Å². The molecule has 66 valence electrons. The maximum atomic E-state index is 3.09. The highest BCUT2D eigenvalue weighted by molar-refractivity contribution is 5.08. The lowest BCUT2D eigenvalue weighted by Crippen LogP contribution is -2.25. The predicted molar refractivity (Wildman–Crippen MR) is 49.9 cm³/mol. The van der Waals surface area contributed by atoms with Crippen LogP contribution in [0.25, 0.3) is 0 Å². The standard InChI is InChI=1S/C10H16N2/c1-9-3-2-6-12(9)8-10-4-5-11-7-10/h4-5,7,9,11H,2-3,6,8H2,1H3. The van der Waals surface area contributed by atoms with Gasteiger partial charge in [-0.15, -0.1) is 0 Å². The fraction of sp³-hybridized carbons (Fsp3) is 0.600. The summed E-state index contributed by atoms with van der Waals surface area (Å²) in [5, 5.41) is 0. The van der Waals surface area contributed by atoms with Crippen molar-refractivity contribution in [3.8, 4) is 0 Å². The molecule has 2 heteroatoms. The van der Waals surface area contributed by atoms with Crippen LogP contribution in [0, 0.1) is 0 Å². The molecule has 0 aliphatic carbocycles. The zero-order valence-corrected chi connectivity index (χ0v) is 7.59. The predicted octanol–water partition coefficient (Wildman–Crippen LogP) is 2.00. The van der Waals surface area contributed by atoms with Crippen molar-refractivity contribution < 1.29 is 0 Å². The largest absolute Gasteiger partial charge is 0.367 e. The second-order valence-corrected chi connectivity index (χ2v) is 3.68. The summed E-state index contributed by atoms with van der Waals surface area (Å²) in [5.41, 5.74) is 1.41. The third-order valence-electron chi connectivity index (χ3n) is 2.74. The fourth-order valence-electron chi connectivity index (χ4n) is 1.92. The lowest BCUT2D eigenvalue weighted by molar-refractivity contribution is 0.260. The van der Waals surface area contributed by atoms with Gasteiger partial charge in [0.25, 0.3) is 0 Å². The molecule has 1 aliphatic rings. The zero-order valence-electron chi connectivity index (χ0n) is 7.59. The lowest BCUT2D eigenvalue weighted by atomic mass is 10.2. The Bertz CT molecular complexity index is 228. The normalized spacial score (nSPS) is 24.9. The number of rotatable bonds is 2.